The zero-order chi connectivity index (χ0) is 10.3. The SMILES string of the molecule is Cc1cnc2ncc(C(C)(C)C)n2c1. The highest BCUT2D eigenvalue weighted by molar-refractivity contribution is 5.34. The Bertz CT molecular complexity index is 463. The molecule has 2 heterocycles. The number of imidazole rings is 1. The molecule has 0 aliphatic carbocycles. The maximum atomic E-state index is 4.28. The van der Waals surface area contributed by atoms with Gasteiger partial charge in [-0.15, -0.1) is 0 Å². The molecule has 0 aromatic carbocycles. The van der Waals surface area contributed by atoms with E-state index in [1.54, 1.807) is 0 Å². The van der Waals surface area contributed by atoms with Crippen LogP contribution >= 0.6 is 0 Å². The van der Waals surface area contributed by atoms with Crippen molar-refractivity contribution in [3.05, 3.63) is 29.8 Å². The van der Waals surface area contributed by atoms with Crippen LogP contribution in [0.25, 0.3) is 5.78 Å². The van der Waals surface area contributed by atoms with Gasteiger partial charge < -0.3 is 0 Å². The molecule has 2 rings (SSSR count). The van der Waals surface area contributed by atoms with Crippen molar-refractivity contribution in [3.63, 3.8) is 0 Å². The Balaban J connectivity index is 2.73. The fraction of sp³-hybridized carbons (Fsp3) is 0.455. The molecular formula is C11H15N3. The Morgan fingerprint density at radius 2 is 1.79 bits per heavy atom. The van der Waals surface area contributed by atoms with Crippen molar-refractivity contribution in [1.82, 2.24) is 14.4 Å². The molecule has 3 heteroatoms. The number of hydrogen-bond donors (Lipinski definition) is 0. The molecule has 0 N–H and O–H groups in total. The van der Waals surface area contributed by atoms with Crippen LogP contribution in [0, 0.1) is 6.92 Å². The molecule has 2 aromatic heterocycles. The number of hydrogen-bond acceptors (Lipinski definition) is 2. The lowest BCUT2D eigenvalue weighted by Gasteiger charge is -2.17. The van der Waals surface area contributed by atoms with Gasteiger partial charge in [0.25, 0.3) is 0 Å². The van der Waals surface area contributed by atoms with Crippen LogP contribution in [-0.2, 0) is 5.41 Å². The predicted molar refractivity (Wildman–Crippen MR) is 56.4 cm³/mol. The van der Waals surface area contributed by atoms with Crippen molar-refractivity contribution in [2.75, 3.05) is 0 Å². The summed E-state index contributed by atoms with van der Waals surface area (Å²) in [5.41, 5.74) is 2.46. The molecule has 2 aromatic rings. The second-order valence-corrected chi connectivity index (χ2v) is 4.69. The van der Waals surface area contributed by atoms with E-state index in [4.69, 9.17) is 0 Å². The molecule has 14 heavy (non-hydrogen) atoms. The fourth-order valence-electron chi connectivity index (χ4n) is 1.53. The number of aromatic nitrogens is 3. The van der Waals surface area contributed by atoms with E-state index in [1.165, 1.54) is 5.69 Å². The maximum absolute atomic E-state index is 4.28. The van der Waals surface area contributed by atoms with Crippen molar-refractivity contribution < 1.29 is 0 Å². The third-order valence-electron chi connectivity index (χ3n) is 2.26. The van der Waals surface area contributed by atoms with Gasteiger partial charge in [-0.05, 0) is 12.5 Å². The topological polar surface area (TPSA) is 30.2 Å². The lowest BCUT2D eigenvalue weighted by molar-refractivity contribution is 0.562. The van der Waals surface area contributed by atoms with Gasteiger partial charge in [0.15, 0.2) is 0 Å². The van der Waals surface area contributed by atoms with Gasteiger partial charge in [-0.25, -0.2) is 9.97 Å². The van der Waals surface area contributed by atoms with Gasteiger partial charge in [-0.3, -0.25) is 4.40 Å². The highest BCUT2D eigenvalue weighted by Gasteiger charge is 2.18. The van der Waals surface area contributed by atoms with Crippen LogP contribution in [0.4, 0.5) is 0 Å². The molecule has 0 saturated heterocycles. The number of aryl methyl sites for hydroxylation is 1. The van der Waals surface area contributed by atoms with Gasteiger partial charge in [-0.2, -0.15) is 0 Å². The van der Waals surface area contributed by atoms with E-state index < -0.39 is 0 Å². The Hall–Kier alpha value is -1.38. The Morgan fingerprint density at radius 1 is 1.14 bits per heavy atom. The van der Waals surface area contributed by atoms with E-state index >= 15 is 0 Å². The molecule has 0 radical (unpaired) electrons. The molecule has 0 atom stereocenters. The van der Waals surface area contributed by atoms with Crippen LogP contribution < -0.4 is 0 Å². The summed E-state index contributed by atoms with van der Waals surface area (Å²) in [5, 5.41) is 0. The van der Waals surface area contributed by atoms with Crippen molar-refractivity contribution in [1.29, 1.82) is 0 Å². The summed E-state index contributed by atoms with van der Waals surface area (Å²) in [7, 11) is 0. The Labute approximate surface area is 83.8 Å². The third kappa shape index (κ3) is 1.39. The van der Waals surface area contributed by atoms with Gasteiger partial charge in [-0.1, -0.05) is 20.8 Å². The third-order valence-corrected chi connectivity index (χ3v) is 2.26. The summed E-state index contributed by atoms with van der Waals surface area (Å²) in [6, 6.07) is 0. The highest BCUT2D eigenvalue weighted by atomic mass is 15.1. The first-order valence-corrected chi connectivity index (χ1v) is 4.79. The second kappa shape index (κ2) is 2.80. The summed E-state index contributed by atoms with van der Waals surface area (Å²) in [6.45, 7) is 8.58. The van der Waals surface area contributed by atoms with Crippen LogP contribution in [0.15, 0.2) is 18.6 Å². The van der Waals surface area contributed by atoms with Gasteiger partial charge >= 0.3 is 0 Å². The Kier molecular flexibility index (Phi) is 1.84. The Morgan fingerprint density at radius 3 is 2.43 bits per heavy atom. The quantitative estimate of drug-likeness (QED) is 0.636. The molecule has 0 aliphatic heterocycles. The summed E-state index contributed by atoms with van der Waals surface area (Å²) in [6.07, 6.45) is 5.83. The average Bonchev–Trinajstić information content (AvgIpc) is 2.45. The minimum Gasteiger partial charge on any atom is -0.287 e. The minimum absolute atomic E-state index is 0.106. The first kappa shape index (κ1) is 9.19. The van der Waals surface area contributed by atoms with Crippen LogP contribution in [-0.4, -0.2) is 14.4 Å². The lowest BCUT2D eigenvalue weighted by atomic mass is 9.93. The molecule has 74 valence electrons. The minimum atomic E-state index is 0.106. The molecule has 0 amide bonds. The molecule has 0 bridgehead atoms. The lowest BCUT2D eigenvalue weighted by Crippen LogP contribution is -2.14. The first-order valence-electron chi connectivity index (χ1n) is 4.79. The van der Waals surface area contributed by atoms with Crippen LogP contribution in [0.2, 0.25) is 0 Å². The molecule has 3 nitrogen and oxygen atoms in total. The summed E-state index contributed by atoms with van der Waals surface area (Å²) >= 11 is 0. The standard InChI is InChI=1S/C11H15N3/c1-8-5-12-10-13-6-9(11(2,3)4)14(10)7-8/h5-7H,1-4H3. The highest BCUT2D eigenvalue weighted by Crippen LogP contribution is 2.22. The van der Waals surface area contributed by atoms with Gasteiger partial charge in [0.05, 0.1) is 6.20 Å². The van der Waals surface area contributed by atoms with E-state index in [-0.39, 0.29) is 5.41 Å². The van der Waals surface area contributed by atoms with E-state index in [9.17, 15) is 0 Å². The maximum Gasteiger partial charge on any atom is 0.233 e. The fourth-order valence-corrected chi connectivity index (χ4v) is 1.53. The van der Waals surface area contributed by atoms with Crippen molar-refractivity contribution in [2.24, 2.45) is 0 Å². The monoisotopic (exact) mass is 189 g/mol. The van der Waals surface area contributed by atoms with Gasteiger partial charge in [0.1, 0.15) is 0 Å². The van der Waals surface area contributed by atoms with E-state index in [2.05, 4.69) is 41.3 Å². The second-order valence-electron chi connectivity index (χ2n) is 4.69. The molecule has 0 aliphatic rings. The van der Waals surface area contributed by atoms with Gasteiger partial charge in [0.2, 0.25) is 5.78 Å². The van der Waals surface area contributed by atoms with Crippen molar-refractivity contribution in [2.45, 2.75) is 33.1 Å². The molecule has 0 fully saturated rings. The van der Waals surface area contributed by atoms with Crippen molar-refractivity contribution in [3.8, 4) is 0 Å². The zero-order valence-electron chi connectivity index (χ0n) is 9.07. The van der Waals surface area contributed by atoms with Gasteiger partial charge in [0, 0.05) is 23.5 Å². The summed E-state index contributed by atoms with van der Waals surface area (Å²) in [5.74, 6) is 0.778. The largest absolute Gasteiger partial charge is 0.287 e. The van der Waals surface area contributed by atoms with Crippen LogP contribution in [0.3, 0.4) is 0 Å². The molecule has 0 unspecified atom stereocenters. The van der Waals surface area contributed by atoms with Crippen LogP contribution in [0.5, 0.6) is 0 Å². The number of fused-ring (bicyclic) bond motifs is 1. The van der Waals surface area contributed by atoms with E-state index in [0.29, 0.717) is 0 Å². The summed E-state index contributed by atoms with van der Waals surface area (Å²) in [4.78, 5) is 8.54. The smallest absolute Gasteiger partial charge is 0.233 e. The average molecular weight is 189 g/mol. The number of nitrogens with zero attached hydrogens (tertiary/aromatic N) is 3. The molecular weight excluding hydrogens is 174 g/mol. The number of rotatable bonds is 0. The van der Waals surface area contributed by atoms with Crippen LogP contribution in [0.1, 0.15) is 32.0 Å². The predicted octanol–water partition coefficient (Wildman–Crippen LogP) is 2.34. The molecule has 0 spiro atoms. The normalized spacial score (nSPS) is 12.3. The van der Waals surface area contributed by atoms with E-state index in [0.717, 1.165) is 11.3 Å². The zero-order valence-corrected chi connectivity index (χ0v) is 9.07. The summed E-state index contributed by atoms with van der Waals surface area (Å²) < 4.78 is 2.06. The first-order chi connectivity index (χ1) is 6.48. The molecule has 0 saturated carbocycles. The van der Waals surface area contributed by atoms with E-state index in [1.807, 2.05) is 19.3 Å². The van der Waals surface area contributed by atoms with Crippen molar-refractivity contribution >= 4 is 5.78 Å².